The van der Waals surface area contributed by atoms with E-state index in [-0.39, 0.29) is 11.8 Å². The Morgan fingerprint density at radius 3 is 2.38 bits per heavy atom. The van der Waals surface area contributed by atoms with E-state index in [9.17, 15) is 13.2 Å². The molecule has 1 aliphatic heterocycles. The normalized spacial score (nSPS) is 17.4. The molecule has 1 fully saturated rings. The molecule has 1 amide bonds. The summed E-state index contributed by atoms with van der Waals surface area (Å²) < 4.78 is 27.4. The van der Waals surface area contributed by atoms with Crippen molar-refractivity contribution < 1.29 is 13.2 Å². The summed E-state index contributed by atoms with van der Waals surface area (Å²) in [6.07, 6.45) is 0. The third-order valence-corrected chi connectivity index (χ3v) is 6.74. The highest BCUT2D eigenvalue weighted by Crippen LogP contribution is 2.23. The van der Waals surface area contributed by atoms with E-state index in [2.05, 4.69) is 5.32 Å². The first-order valence-corrected chi connectivity index (χ1v) is 10.3. The minimum Gasteiger partial charge on any atom is -0.340 e. The van der Waals surface area contributed by atoms with Gasteiger partial charge in [-0.25, -0.2) is 8.42 Å². The summed E-state index contributed by atoms with van der Waals surface area (Å²) in [6.45, 7) is 4.02. The van der Waals surface area contributed by atoms with Crippen molar-refractivity contribution in [1.29, 1.82) is 0 Å². The number of hydrogen-bond acceptors (Lipinski definition) is 4. The largest absolute Gasteiger partial charge is 0.340 e. The fraction of sp³-hybridized carbons (Fsp3) is 0.421. The van der Waals surface area contributed by atoms with Gasteiger partial charge in [0.1, 0.15) is 0 Å². The third kappa shape index (κ3) is 3.75. The molecule has 0 aromatic heterocycles. The van der Waals surface area contributed by atoms with Gasteiger partial charge in [0.25, 0.3) is 0 Å². The van der Waals surface area contributed by atoms with Gasteiger partial charge in [0.15, 0.2) is 0 Å². The fourth-order valence-electron chi connectivity index (χ4n) is 3.33. The maximum absolute atomic E-state index is 13.0. The number of sulfonamides is 1. The number of amides is 1. The van der Waals surface area contributed by atoms with Crippen LogP contribution in [0.2, 0.25) is 0 Å². The van der Waals surface area contributed by atoms with E-state index < -0.39 is 10.0 Å². The van der Waals surface area contributed by atoms with Crippen LogP contribution in [0.25, 0.3) is 10.8 Å². The van der Waals surface area contributed by atoms with Crippen molar-refractivity contribution >= 4 is 26.7 Å². The van der Waals surface area contributed by atoms with Crippen molar-refractivity contribution in [2.24, 2.45) is 5.92 Å². The molecule has 1 unspecified atom stereocenters. The average Bonchev–Trinajstić information content (AvgIpc) is 2.67. The maximum Gasteiger partial charge on any atom is 0.243 e. The molecule has 2 aromatic rings. The maximum atomic E-state index is 13.0. The minimum absolute atomic E-state index is 0.0714. The van der Waals surface area contributed by atoms with Gasteiger partial charge in [0.05, 0.1) is 4.90 Å². The van der Waals surface area contributed by atoms with Crippen LogP contribution in [0.4, 0.5) is 0 Å². The molecule has 1 heterocycles. The average molecular weight is 375 g/mol. The van der Waals surface area contributed by atoms with Gasteiger partial charge in [-0.15, -0.1) is 0 Å². The molecule has 2 aromatic carbocycles. The second-order valence-corrected chi connectivity index (χ2v) is 8.63. The molecule has 7 heteroatoms. The molecule has 140 valence electrons. The second-order valence-electron chi connectivity index (χ2n) is 6.70. The quantitative estimate of drug-likeness (QED) is 0.860. The lowest BCUT2D eigenvalue weighted by atomic mass is 10.1. The van der Waals surface area contributed by atoms with Gasteiger partial charge < -0.3 is 10.2 Å². The molecular formula is C19H25N3O3S. The molecule has 1 atom stereocenters. The standard InChI is InChI=1S/C19H25N3O3S/c1-15(14-20-2)19(23)21-9-11-22(12-10-21)26(24,25)18-8-7-16-5-3-4-6-17(16)13-18/h3-8,13,15,20H,9-12,14H2,1-2H3. The molecule has 1 saturated heterocycles. The Hall–Kier alpha value is -1.96. The topological polar surface area (TPSA) is 69.7 Å². The smallest absolute Gasteiger partial charge is 0.243 e. The van der Waals surface area contributed by atoms with E-state index in [1.165, 1.54) is 4.31 Å². The lowest BCUT2D eigenvalue weighted by molar-refractivity contribution is -0.136. The van der Waals surface area contributed by atoms with Gasteiger partial charge in [-0.2, -0.15) is 4.31 Å². The van der Waals surface area contributed by atoms with Crippen LogP contribution < -0.4 is 5.32 Å². The van der Waals surface area contributed by atoms with Crippen molar-refractivity contribution in [3.63, 3.8) is 0 Å². The highest BCUT2D eigenvalue weighted by molar-refractivity contribution is 7.89. The Labute approximate surface area is 154 Å². The van der Waals surface area contributed by atoms with Gasteiger partial charge in [-0.05, 0) is 30.0 Å². The lowest BCUT2D eigenvalue weighted by Crippen LogP contribution is -2.52. The predicted octanol–water partition coefficient (Wildman–Crippen LogP) is 1.53. The Bertz CT molecular complexity index is 890. The summed E-state index contributed by atoms with van der Waals surface area (Å²) >= 11 is 0. The highest BCUT2D eigenvalue weighted by Gasteiger charge is 2.31. The summed E-state index contributed by atoms with van der Waals surface area (Å²) in [5.41, 5.74) is 0. The van der Waals surface area contributed by atoms with Crippen LogP contribution in [-0.2, 0) is 14.8 Å². The van der Waals surface area contributed by atoms with Gasteiger partial charge in [0, 0.05) is 38.6 Å². The highest BCUT2D eigenvalue weighted by atomic mass is 32.2. The molecule has 26 heavy (non-hydrogen) atoms. The van der Waals surface area contributed by atoms with E-state index in [0.717, 1.165) is 10.8 Å². The number of benzene rings is 2. The Kier molecular flexibility index (Phi) is 5.60. The SMILES string of the molecule is CNCC(C)C(=O)N1CCN(S(=O)(=O)c2ccc3ccccc3c2)CC1. The zero-order chi connectivity index (χ0) is 18.7. The first-order valence-electron chi connectivity index (χ1n) is 8.86. The first kappa shape index (κ1) is 18.8. The number of piperazine rings is 1. The van der Waals surface area contributed by atoms with Crippen molar-refractivity contribution in [2.45, 2.75) is 11.8 Å². The van der Waals surface area contributed by atoms with Crippen LogP contribution in [0, 0.1) is 5.92 Å². The molecule has 1 aliphatic rings. The monoisotopic (exact) mass is 375 g/mol. The molecule has 1 N–H and O–H groups in total. The molecule has 0 aliphatic carbocycles. The number of nitrogens with one attached hydrogen (secondary N) is 1. The number of rotatable bonds is 5. The summed E-state index contributed by atoms with van der Waals surface area (Å²) in [7, 11) is -1.73. The second kappa shape index (κ2) is 7.73. The lowest BCUT2D eigenvalue weighted by Gasteiger charge is -2.35. The molecule has 3 rings (SSSR count). The molecule has 0 bridgehead atoms. The Balaban J connectivity index is 1.72. The van der Waals surface area contributed by atoms with Crippen molar-refractivity contribution in [3.8, 4) is 0 Å². The summed E-state index contributed by atoms with van der Waals surface area (Å²) in [5, 5.41) is 4.92. The molecule has 6 nitrogen and oxygen atoms in total. The van der Waals surface area contributed by atoms with E-state index in [4.69, 9.17) is 0 Å². The van der Waals surface area contributed by atoms with Gasteiger partial charge in [-0.3, -0.25) is 4.79 Å². The molecule has 0 spiro atoms. The summed E-state index contributed by atoms with van der Waals surface area (Å²) in [5.74, 6) is -0.0363. The number of carbonyl (C=O) groups is 1. The number of nitrogens with zero attached hydrogens (tertiary/aromatic N) is 2. The van der Waals surface area contributed by atoms with Crippen LogP contribution in [0.15, 0.2) is 47.4 Å². The van der Waals surface area contributed by atoms with Crippen molar-refractivity contribution in [3.05, 3.63) is 42.5 Å². The van der Waals surface area contributed by atoms with Crippen LogP contribution in [0.5, 0.6) is 0 Å². The number of fused-ring (bicyclic) bond motifs is 1. The Morgan fingerprint density at radius 2 is 1.73 bits per heavy atom. The molecular weight excluding hydrogens is 350 g/mol. The Morgan fingerprint density at radius 1 is 1.08 bits per heavy atom. The van der Waals surface area contributed by atoms with Crippen molar-refractivity contribution in [2.75, 3.05) is 39.8 Å². The number of carbonyl (C=O) groups excluding carboxylic acids is 1. The summed E-state index contributed by atoms with van der Waals surface area (Å²) in [6, 6.07) is 12.9. The zero-order valence-electron chi connectivity index (χ0n) is 15.2. The van der Waals surface area contributed by atoms with Crippen LogP contribution in [0.3, 0.4) is 0 Å². The van der Waals surface area contributed by atoms with Gasteiger partial charge >= 0.3 is 0 Å². The van der Waals surface area contributed by atoms with Crippen molar-refractivity contribution in [1.82, 2.24) is 14.5 Å². The first-order chi connectivity index (χ1) is 12.4. The van der Waals surface area contributed by atoms with Crippen LogP contribution in [-0.4, -0.2) is 63.3 Å². The molecule has 0 radical (unpaired) electrons. The fourth-order valence-corrected chi connectivity index (χ4v) is 4.79. The summed E-state index contributed by atoms with van der Waals surface area (Å²) in [4.78, 5) is 14.4. The zero-order valence-corrected chi connectivity index (χ0v) is 16.0. The third-order valence-electron chi connectivity index (χ3n) is 4.84. The van der Waals surface area contributed by atoms with Crippen LogP contribution >= 0.6 is 0 Å². The predicted molar refractivity (Wildman–Crippen MR) is 102 cm³/mol. The number of hydrogen-bond donors (Lipinski definition) is 1. The molecule has 0 saturated carbocycles. The van der Waals surface area contributed by atoms with E-state index in [1.54, 1.807) is 17.0 Å². The van der Waals surface area contributed by atoms with E-state index in [0.29, 0.717) is 37.6 Å². The van der Waals surface area contributed by atoms with E-state index >= 15 is 0 Å². The van der Waals surface area contributed by atoms with Crippen LogP contribution in [0.1, 0.15) is 6.92 Å². The minimum atomic E-state index is -3.55. The van der Waals surface area contributed by atoms with Gasteiger partial charge in [0.2, 0.25) is 15.9 Å². The van der Waals surface area contributed by atoms with E-state index in [1.807, 2.05) is 44.3 Å². The van der Waals surface area contributed by atoms with Gasteiger partial charge in [-0.1, -0.05) is 37.3 Å².